The molecule has 0 unspecified atom stereocenters. The molecular weight excluding hydrogens is 238 g/mol. The number of amides is 1. The molecule has 1 aromatic heterocycles. The van der Waals surface area contributed by atoms with Crippen LogP contribution < -0.4 is 10.6 Å². The van der Waals surface area contributed by atoms with Crippen LogP contribution in [0.15, 0.2) is 18.3 Å². The van der Waals surface area contributed by atoms with Gasteiger partial charge in [0.1, 0.15) is 5.69 Å². The van der Waals surface area contributed by atoms with Crippen molar-refractivity contribution in [1.82, 2.24) is 15.2 Å². The first-order chi connectivity index (χ1) is 9.18. The summed E-state index contributed by atoms with van der Waals surface area (Å²) < 4.78 is 2.16. The third kappa shape index (κ3) is 2.84. The van der Waals surface area contributed by atoms with Gasteiger partial charge in [0.25, 0.3) is 5.91 Å². The average Bonchev–Trinajstić information content (AvgIpc) is 2.99. The van der Waals surface area contributed by atoms with Gasteiger partial charge >= 0.3 is 0 Å². The van der Waals surface area contributed by atoms with Gasteiger partial charge in [0.2, 0.25) is 0 Å². The van der Waals surface area contributed by atoms with Crippen LogP contribution in [0.2, 0.25) is 0 Å². The van der Waals surface area contributed by atoms with Gasteiger partial charge in [-0.2, -0.15) is 0 Å². The highest BCUT2D eigenvalue weighted by atomic mass is 16.1. The van der Waals surface area contributed by atoms with Gasteiger partial charge in [-0.05, 0) is 56.3 Å². The number of piperidine rings is 1. The zero-order chi connectivity index (χ0) is 13.3. The number of aromatic nitrogens is 1. The fourth-order valence-corrected chi connectivity index (χ4v) is 2.76. The van der Waals surface area contributed by atoms with E-state index in [9.17, 15) is 4.79 Å². The van der Waals surface area contributed by atoms with Crippen LogP contribution in [-0.4, -0.2) is 30.1 Å². The topological polar surface area (TPSA) is 46.1 Å². The molecule has 1 saturated carbocycles. The van der Waals surface area contributed by atoms with E-state index in [1.807, 2.05) is 18.3 Å². The van der Waals surface area contributed by atoms with Crippen LogP contribution in [0, 0.1) is 5.41 Å². The standard InChI is InChI=1S/C15H23N3O/c1-15(6-7-15)11-17-14(19)13-3-2-10-18(13)12-4-8-16-9-5-12/h2-3,10,12,16H,4-9,11H2,1H3,(H,17,19). The summed E-state index contributed by atoms with van der Waals surface area (Å²) in [5.74, 6) is 0.0802. The Bertz CT molecular complexity index is 456. The molecule has 3 rings (SSSR count). The number of hydrogen-bond acceptors (Lipinski definition) is 2. The van der Waals surface area contributed by atoms with Gasteiger partial charge in [-0.15, -0.1) is 0 Å². The number of carbonyl (C=O) groups excluding carboxylic acids is 1. The van der Waals surface area contributed by atoms with E-state index < -0.39 is 0 Å². The molecule has 2 aliphatic rings. The quantitative estimate of drug-likeness (QED) is 0.870. The molecule has 0 bridgehead atoms. The van der Waals surface area contributed by atoms with Crippen molar-refractivity contribution in [3.63, 3.8) is 0 Å². The Morgan fingerprint density at radius 2 is 2.21 bits per heavy atom. The van der Waals surface area contributed by atoms with Crippen LogP contribution in [0.4, 0.5) is 0 Å². The van der Waals surface area contributed by atoms with E-state index in [1.54, 1.807) is 0 Å². The zero-order valence-corrected chi connectivity index (χ0v) is 11.6. The lowest BCUT2D eigenvalue weighted by Gasteiger charge is -2.26. The molecule has 4 heteroatoms. The van der Waals surface area contributed by atoms with Crippen LogP contribution in [0.25, 0.3) is 0 Å². The predicted molar refractivity (Wildman–Crippen MR) is 75.2 cm³/mol. The van der Waals surface area contributed by atoms with Gasteiger partial charge in [-0.1, -0.05) is 6.92 Å². The third-order valence-corrected chi connectivity index (χ3v) is 4.49. The Labute approximate surface area is 114 Å². The molecule has 0 aromatic carbocycles. The Morgan fingerprint density at radius 3 is 2.89 bits per heavy atom. The molecule has 19 heavy (non-hydrogen) atoms. The molecule has 1 saturated heterocycles. The minimum atomic E-state index is 0.0802. The van der Waals surface area contributed by atoms with Gasteiger partial charge in [0.05, 0.1) is 0 Å². The first-order valence-electron chi connectivity index (χ1n) is 7.34. The van der Waals surface area contributed by atoms with Crippen molar-refractivity contribution in [2.24, 2.45) is 5.41 Å². The fraction of sp³-hybridized carbons (Fsp3) is 0.667. The Kier molecular flexibility index (Phi) is 3.35. The number of hydrogen-bond donors (Lipinski definition) is 2. The first-order valence-corrected chi connectivity index (χ1v) is 7.34. The molecule has 1 aliphatic carbocycles. The minimum Gasteiger partial charge on any atom is -0.350 e. The molecule has 2 N–H and O–H groups in total. The minimum absolute atomic E-state index is 0.0802. The van der Waals surface area contributed by atoms with E-state index in [0.717, 1.165) is 38.2 Å². The average molecular weight is 261 g/mol. The van der Waals surface area contributed by atoms with E-state index in [2.05, 4.69) is 22.1 Å². The molecule has 2 fully saturated rings. The maximum absolute atomic E-state index is 12.3. The van der Waals surface area contributed by atoms with E-state index in [0.29, 0.717) is 11.5 Å². The second-order valence-electron chi connectivity index (χ2n) is 6.28. The molecule has 104 valence electrons. The van der Waals surface area contributed by atoms with E-state index >= 15 is 0 Å². The number of nitrogens with zero attached hydrogens (tertiary/aromatic N) is 1. The summed E-state index contributed by atoms with van der Waals surface area (Å²) in [7, 11) is 0. The fourth-order valence-electron chi connectivity index (χ4n) is 2.76. The van der Waals surface area contributed by atoms with Crippen molar-refractivity contribution in [2.75, 3.05) is 19.6 Å². The Hall–Kier alpha value is -1.29. The molecule has 1 aromatic rings. The molecule has 0 atom stereocenters. The van der Waals surface area contributed by atoms with Crippen LogP contribution in [-0.2, 0) is 0 Å². The predicted octanol–water partition coefficient (Wildman–Crippen LogP) is 1.94. The van der Waals surface area contributed by atoms with Crippen molar-refractivity contribution >= 4 is 5.91 Å². The second kappa shape index (κ2) is 5.00. The molecular formula is C15H23N3O. The maximum Gasteiger partial charge on any atom is 0.267 e. The molecule has 2 heterocycles. The Morgan fingerprint density at radius 1 is 1.47 bits per heavy atom. The SMILES string of the molecule is CC1(CNC(=O)c2cccn2C2CCNCC2)CC1. The lowest BCUT2D eigenvalue weighted by Crippen LogP contribution is -2.34. The van der Waals surface area contributed by atoms with Gasteiger partial charge in [0, 0.05) is 18.8 Å². The molecule has 4 nitrogen and oxygen atoms in total. The first kappa shape index (κ1) is 12.7. The van der Waals surface area contributed by atoms with Crippen LogP contribution in [0.5, 0.6) is 0 Å². The van der Waals surface area contributed by atoms with Gasteiger partial charge in [-0.25, -0.2) is 0 Å². The summed E-state index contributed by atoms with van der Waals surface area (Å²) >= 11 is 0. The smallest absolute Gasteiger partial charge is 0.267 e. The van der Waals surface area contributed by atoms with Crippen molar-refractivity contribution in [3.8, 4) is 0 Å². The van der Waals surface area contributed by atoms with Crippen LogP contribution in [0.1, 0.15) is 49.1 Å². The lowest BCUT2D eigenvalue weighted by atomic mass is 10.1. The van der Waals surface area contributed by atoms with E-state index in [-0.39, 0.29) is 5.91 Å². The maximum atomic E-state index is 12.3. The highest BCUT2D eigenvalue weighted by Gasteiger charge is 2.37. The second-order valence-corrected chi connectivity index (χ2v) is 6.28. The largest absolute Gasteiger partial charge is 0.350 e. The van der Waals surface area contributed by atoms with Gasteiger partial charge in [0.15, 0.2) is 0 Å². The van der Waals surface area contributed by atoms with Gasteiger partial charge < -0.3 is 15.2 Å². The highest BCUT2D eigenvalue weighted by molar-refractivity contribution is 5.92. The van der Waals surface area contributed by atoms with Crippen LogP contribution >= 0.6 is 0 Å². The number of rotatable bonds is 4. The van der Waals surface area contributed by atoms with E-state index in [4.69, 9.17) is 0 Å². The normalized spacial score (nSPS) is 22.2. The molecule has 0 spiro atoms. The number of carbonyl (C=O) groups is 1. The lowest BCUT2D eigenvalue weighted by molar-refractivity contribution is 0.0933. The van der Waals surface area contributed by atoms with E-state index in [1.165, 1.54) is 12.8 Å². The summed E-state index contributed by atoms with van der Waals surface area (Å²) in [5.41, 5.74) is 1.18. The van der Waals surface area contributed by atoms with Crippen molar-refractivity contribution in [1.29, 1.82) is 0 Å². The van der Waals surface area contributed by atoms with Crippen molar-refractivity contribution in [3.05, 3.63) is 24.0 Å². The zero-order valence-electron chi connectivity index (χ0n) is 11.6. The summed E-state index contributed by atoms with van der Waals surface area (Å²) in [6, 6.07) is 4.39. The third-order valence-electron chi connectivity index (χ3n) is 4.49. The summed E-state index contributed by atoms with van der Waals surface area (Å²) in [5, 5.41) is 6.46. The monoisotopic (exact) mass is 261 g/mol. The Balaban J connectivity index is 1.66. The highest BCUT2D eigenvalue weighted by Crippen LogP contribution is 2.44. The number of nitrogens with one attached hydrogen (secondary N) is 2. The van der Waals surface area contributed by atoms with Crippen molar-refractivity contribution < 1.29 is 4.79 Å². The molecule has 0 radical (unpaired) electrons. The summed E-state index contributed by atoms with van der Waals surface area (Å²) in [6.07, 6.45) is 6.73. The van der Waals surface area contributed by atoms with Crippen molar-refractivity contribution in [2.45, 2.75) is 38.6 Å². The molecule has 1 aliphatic heterocycles. The molecule has 1 amide bonds. The van der Waals surface area contributed by atoms with Crippen LogP contribution in [0.3, 0.4) is 0 Å². The van der Waals surface area contributed by atoms with Gasteiger partial charge in [-0.3, -0.25) is 4.79 Å². The summed E-state index contributed by atoms with van der Waals surface area (Å²) in [6.45, 7) is 5.13. The summed E-state index contributed by atoms with van der Waals surface area (Å²) in [4.78, 5) is 12.3.